The van der Waals surface area contributed by atoms with E-state index in [0.717, 1.165) is 42.9 Å². The van der Waals surface area contributed by atoms with E-state index >= 15 is 0 Å². The molecule has 2 aromatic rings. The number of hydrogen-bond donors (Lipinski definition) is 0. The van der Waals surface area contributed by atoms with Gasteiger partial charge in [0.15, 0.2) is 0 Å². The van der Waals surface area contributed by atoms with Gasteiger partial charge < -0.3 is 9.47 Å². The fourth-order valence-corrected chi connectivity index (χ4v) is 3.62. The molecule has 0 N–H and O–H groups in total. The molecule has 1 aliphatic heterocycles. The van der Waals surface area contributed by atoms with E-state index < -0.39 is 0 Å². The molecule has 0 spiro atoms. The summed E-state index contributed by atoms with van der Waals surface area (Å²) < 4.78 is 2.17. The fraction of sp³-hybridized carbons (Fsp3) is 0.556. The first-order valence-corrected chi connectivity index (χ1v) is 8.91. The van der Waals surface area contributed by atoms with Gasteiger partial charge in [-0.1, -0.05) is 29.8 Å². The van der Waals surface area contributed by atoms with Crippen molar-refractivity contribution in [3.05, 3.63) is 46.5 Å². The van der Waals surface area contributed by atoms with Crippen LogP contribution in [-0.4, -0.2) is 51.7 Å². The topological polar surface area (TPSA) is 37.2 Å². The Morgan fingerprint density at radius 1 is 1.25 bits per heavy atom. The zero-order valence-corrected chi connectivity index (χ0v) is 15.5. The van der Waals surface area contributed by atoms with E-state index in [2.05, 4.69) is 57.8 Å². The highest BCUT2D eigenvalue weighted by atomic mass is 35.5. The highest BCUT2D eigenvalue weighted by Gasteiger charge is 2.26. The lowest BCUT2D eigenvalue weighted by atomic mass is 9.96. The third-order valence-electron chi connectivity index (χ3n) is 4.68. The van der Waals surface area contributed by atoms with Crippen molar-refractivity contribution < 1.29 is 0 Å². The van der Waals surface area contributed by atoms with Gasteiger partial charge in [-0.05, 0) is 45.1 Å². The molecule has 130 valence electrons. The summed E-state index contributed by atoms with van der Waals surface area (Å²) in [5.74, 6) is 2.57. The van der Waals surface area contributed by atoms with Gasteiger partial charge in [0.1, 0.15) is 11.6 Å². The summed E-state index contributed by atoms with van der Waals surface area (Å²) in [7, 11) is 6.20. The Bertz CT molecular complexity index is 682. The summed E-state index contributed by atoms with van der Waals surface area (Å²) in [5, 5.41) is 9.72. The molecular weight excluding hydrogens is 322 g/mol. The lowest BCUT2D eigenvalue weighted by Crippen LogP contribution is -2.35. The van der Waals surface area contributed by atoms with Crippen molar-refractivity contribution in [2.24, 2.45) is 7.05 Å². The molecule has 6 heteroatoms. The largest absolute Gasteiger partial charge is 0.317 e. The van der Waals surface area contributed by atoms with E-state index in [1.54, 1.807) is 0 Å². The van der Waals surface area contributed by atoms with Crippen LogP contribution >= 0.6 is 11.6 Å². The Kier molecular flexibility index (Phi) is 5.54. The fourth-order valence-electron chi connectivity index (χ4n) is 3.43. The lowest BCUT2D eigenvalue weighted by molar-refractivity contribution is 0.195. The molecule has 5 nitrogen and oxygen atoms in total. The van der Waals surface area contributed by atoms with Crippen molar-refractivity contribution in [3.63, 3.8) is 0 Å². The molecule has 0 radical (unpaired) electrons. The number of aromatic nitrogens is 3. The summed E-state index contributed by atoms with van der Waals surface area (Å²) in [6.45, 7) is 3.85. The molecule has 0 amide bonds. The molecule has 1 aliphatic rings. The Hall–Kier alpha value is -1.43. The number of nitrogens with zero attached hydrogens (tertiary/aromatic N) is 5. The number of rotatable bonds is 5. The van der Waals surface area contributed by atoms with Crippen LogP contribution in [0.1, 0.15) is 36.0 Å². The smallest absolute Gasteiger partial charge is 0.146 e. The van der Waals surface area contributed by atoms with Gasteiger partial charge in [0.2, 0.25) is 0 Å². The van der Waals surface area contributed by atoms with E-state index in [1.807, 2.05) is 12.1 Å². The third kappa shape index (κ3) is 3.97. The van der Waals surface area contributed by atoms with E-state index in [4.69, 9.17) is 11.6 Å². The molecule has 3 rings (SSSR count). The Labute approximate surface area is 149 Å². The number of hydrogen-bond acceptors (Lipinski definition) is 4. The number of likely N-dealkylation sites (tertiary alicyclic amines) is 1. The predicted molar refractivity (Wildman–Crippen MR) is 97.1 cm³/mol. The van der Waals surface area contributed by atoms with Gasteiger partial charge in [-0.25, -0.2) is 0 Å². The van der Waals surface area contributed by atoms with Crippen LogP contribution in [0.25, 0.3) is 0 Å². The monoisotopic (exact) mass is 347 g/mol. The molecule has 0 saturated carbocycles. The molecule has 0 unspecified atom stereocenters. The van der Waals surface area contributed by atoms with Gasteiger partial charge in [-0.3, -0.25) is 4.90 Å². The van der Waals surface area contributed by atoms with Gasteiger partial charge >= 0.3 is 0 Å². The van der Waals surface area contributed by atoms with Gasteiger partial charge in [-0.15, -0.1) is 10.2 Å². The van der Waals surface area contributed by atoms with Crippen LogP contribution in [0.15, 0.2) is 24.3 Å². The second kappa shape index (κ2) is 7.64. The molecule has 1 aromatic carbocycles. The Morgan fingerprint density at radius 3 is 2.79 bits per heavy atom. The number of halogens is 1. The first-order valence-electron chi connectivity index (χ1n) is 8.53. The number of piperidine rings is 1. The average molecular weight is 348 g/mol. The minimum Gasteiger partial charge on any atom is -0.317 e. The van der Waals surface area contributed by atoms with E-state index in [9.17, 15) is 0 Å². The zero-order valence-electron chi connectivity index (χ0n) is 14.7. The molecule has 1 fully saturated rings. The summed E-state index contributed by atoms with van der Waals surface area (Å²) in [5.41, 5.74) is 1.20. The van der Waals surface area contributed by atoms with Gasteiger partial charge in [0.05, 0.1) is 6.54 Å². The molecule has 1 aromatic heterocycles. The van der Waals surface area contributed by atoms with Gasteiger partial charge in [0, 0.05) is 31.1 Å². The minimum atomic E-state index is 0.439. The summed E-state index contributed by atoms with van der Waals surface area (Å²) >= 11 is 6.32. The predicted octanol–water partition coefficient (Wildman–Crippen LogP) is 2.91. The number of benzene rings is 1. The Balaban J connectivity index is 1.70. The normalized spacial score (nSPS) is 19.1. The lowest BCUT2D eigenvalue weighted by Gasteiger charge is -2.32. The van der Waals surface area contributed by atoms with Crippen molar-refractivity contribution in [2.75, 3.05) is 27.2 Å². The maximum Gasteiger partial charge on any atom is 0.146 e. The molecule has 24 heavy (non-hydrogen) atoms. The standard InChI is InChI=1S/C18H26ClN5/c1-22(2)13-17-20-21-18(23(17)3)15-8-6-10-24(12-15)11-14-7-4-5-9-16(14)19/h4-5,7,9,15H,6,8,10-13H2,1-3H3/t15-/m1/s1. The Morgan fingerprint density at radius 2 is 2.04 bits per heavy atom. The van der Waals surface area contributed by atoms with E-state index in [-0.39, 0.29) is 0 Å². The maximum atomic E-state index is 6.32. The highest BCUT2D eigenvalue weighted by Crippen LogP contribution is 2.28. The summed E-state index contributed by atoms with van der Waals surface area (Å²) in [6, 6.07) is 8.12. The first-order chi connectivity index (χ1) is 11.5. The second-order valence-corrected chi connectivity index (χ2v) is 7.34. The average Bonchev–Trinajstić information content (AvgIpc) is 2.90. The van der Waals surface area contributed by atoms with Crippen molar-refractivity contribution in [2.45, 2.75) is 31.8 Å². The summed E-state index contributed by atoms with van der Waals surface area (Å²) in [4.78, 5) is 4.61. The third-order valence-corrected chi connectivity index (χ3v) is 5.05. The SMILES string of the molecule is CN(C)Cc1nnc([C@@H]2CCCN(Cc3ccccc3Cl)C2)n1C. The van der Waals surface area contributed by atoms with Crippen LogP contribution in [0, 0.1) is 0 Å². The van der Waals surface area contributed by atoms with Crippen LogP contribution < -0.4 is 0 Å². The second-order valence-electron chi connectivity index (χ2n) is 6.94. The molecule has 0 bridgehead atoms. The van der Waals surface area contributed by atoms with Crippen molar-refractivity contribution in [1.29, 1.82) is 0 Å². The van der Waals surface area contributed by atoms with Crippen molar-refractivity contribution >= 4 is 11.6 Å². The van der Waals surface area contributed by atoms with Crippen molar-refractivity contribution in [1.82, 2.24) is 24.6 Å². The quantitative estimate of drug-likeness (QED) is 0.833. The van der Waals surface area contributed by atoms with Crippen molar-refractivity contribution in [3.8, 4) is 0 Å². The van der Waals surface area contributed by atoms with Crippen LogP contribution in [0.4, 0.5) is 0 Å². The van der Waals surface area contributed by atoms with Gasteiger partial charge in [-0.2, -0.15) is 0 Å². The van der Waals surface area contributed by atoms with E-state index in [1.165, 1.54) is 18.4 Å². The molecule has 1 atom stereocenters. The zero-order chi connectivity index (χ0) is 17.1. The van der Waals surface area contributed by atoms with Crippen LogP contribution in [0.2, 0.25) is 5.02 Å². The highest BCUT2D eigenvalue weighted by molar-refractivity contribution is 6.31. The first kappa shape index (κ1) is 17.4. The van der Waals surface area contributed by atoms with Gasteiger partial charge in [0.25, 0.3) is 0 Å². The minimum absolute atomic E-state index is 0.439. The van der Waals surface area contributed by atoms with Crippen LogP contribution in [0.3, 0.4) is 0 Å². The molecule has 0 aliphatic carbocycles. The summed E-state index contributed by atoms with van der Waals surface area (Å²) in [6.07, 6.45) is 2.36. The molecule has 1 saturated heterocycles. The van der Waals surface area contributed by atoms with Crippen LogP contribution in [0.5, 0.6) is 0 Å². The maximum absolute atomic E-state index is 6.32. The molecular formula is C18H26ClN5. The van der Waals surface area contributed by atoms with Crippen LogP contribution in [-0.2, 0) is 20.1 Å². The molecule has 2 heterocycles. The van der Waals surface area contributed by atoms with E-state index in [0.29, 0.717) is 5.92 Å².